The first-order valence-corrected chi connectivity index (χ1v) is 6.73. The Bertz CT molecular complexity index is 275. The molecule has 0 aromatic rings. The first-order valence-electron chi connectivity index (χ1n) is 6.73. The third-order valence-corrected chi connectivity index (χ3v) is 3.13. The molecule has 0 aliphatic heterocycles. The van der Waals surface area contributed by atoms with Gasteiger partial charge in [0.05, 0.1) is 0 Å². The van der Waals surface area contributed by atoms with Gasteiger partial charge in [0.1, 0.15) is 5.41 Å². The quantitative estimate of drug-likeness (QED) is 0.195. The highest BCUT2D eigenvalue weighted by atomic mass is 16.4. The minimum Gasteiger partial charge on any atom is -0.409 e. The van der Waals surface area contributed by atoms with Crippen LogP contribution in [-0.2, 0) is 4.79 Å². The number of oxime groups is 1. The molecular weight excluding hydrogens is 230 g/mol. The maximum Gasteiger partial charge on any atom is 0.233 e. The van der Waals surface area contributed by atoms with Gasteiger partial charge in [-0.15, -0.1) is 0 Å². The van der Waals surface area contributed by atoms with Crippen LogP contribution in [-0.4, -0.2) is 23.5 Å². The number of nitrogens with one attached hydrogen (secondary N) is 1. The molecule has 0 bridgehead atoms. The number of nitrogens with zero attached hydrogens (tertiary/aromatic N) is 1. The molecule has 0 saturated heterocycles. The Labute approximate surface area is 110 Å². The van der Waals surface area contributed by atoms with E-state index in [1.54, 1.807) is 13.8 Å². The molecule has 106 valence electrons. The van der Waals surface area contributed by atoms with E-state index in [-0.39, 0.29) is 11.7 Å². The minimum atomic E-state index is -0.961. The Kier molecular flexibility index (Phi) is 8.16. The van der Waals surface area contributed by atoms with Crippen LogP contribution in [0.4, 0.5) is 0 Å². The van der Waals surface area contributed by atoms with Crippen LogP contribution >= 0.6 is 0 Å². The normalized spacial score (nSPS) is 12.5. The topological polar surface area (TPSA) is 87.7 Å². The fourth-order valence-electron chi connectivity index (χ4n) is 1.57. The van der Waals surface area contributed by atoms with Crippen LogP contribution in [0, 0.1) is 5.41 Å². The van der Waals surface area contributed by atoms with Crippen molar-refractivity contribution in [3.05, 3.63) is 0 Å². The van der Waals surface area contributed by atoms with Gasteiger partial charge < -0.3 is 16.3 Å². The van der Waals surface area contributed by atoms with E-state index in [1.165, 1.54) is 25.7 Å². The van der Waals surface area contributed by atoms with Crippen LogP contribution in [0.25, 0.3) is 0 Å². The molecule has 4 N–H and O–H groups in total. The fourth-order valence-corrected chi connectivity index (χ4v) is 1.57. The Morgan fingerprint density at radius 2 is 1.78 bits per heavy atom. The van der Waals surface area contributed by atoms with Gasteiger partial charge in [0.2, 0.25) is 5.91 Å². The first-order chi connectivity index (χ1) is 8.46. The molecule has 0 aromatic heterocycles. The Balaban J connectivity index is 3.77. The maximum atomic E-state index is 11.8. The van der Waals surface area contributed by atoms with Crippen LogP contribution in [0.15, 0.2) is 5.16 Å². The molecule has 0 rings (SSSR count). The van der Waals surface area contributed by atoms with Gasteiger partial charge in [-0.3, -0.25) is 4.79 Å². The lowest BCUT2D eigenvalue weighted by Gasteiger charge is -2.21. The molecule has 0 atom stereocenters. The van der Waals surface area contributed by atoms with E-state index >= 15 is 0 Å². The highest BCUT2D eigenvalue weighted by molar-refractivity contribution is 6.05. The highest BCUT2D eigenvalue weighted by Crippen LogP contribution is 2.15. The maximum absolute atomic E-state index is 11.8. The van der Waals surface area contributed by atoms with Gasteiger partial charge in [-0.1, -0.05) is 44.2 Å². The third kappa shape index (κ3) is 5.89. The zero-order chi connectivity index (χ0) is 14.0. The minimum absolute atomic E-state index is 0.0667. The van der Waals surface area contributed by atoms with Crippen molar-refractivity contribution in [2.45, 2.75) is 59.3 Å². The Morgan fingerprint density at radius 1 is 1.22 bits per heavy atom. The molecule has 0 heterocycles. The molecular formula is C13H27N3O2. The first kappa shape index (κ1) is 16.7. The monoisotopic (exact) mass is 257 g/mol. The van der Waals surface area contributed by atoms with Crippen LogP contribution in [0.1, 0.15) is 59.3 Å². The predicted molar refractivity (Wildman–Crippen MR) is 73.6 cm³/mol. The summed E-state index contributed by atoms with van der Waals surface area (Å²) < 4.78 is 0. The SMILES string of the molecule is CCCCCCCCNC(=O)C(C)(C)C(N)=NO. The predicted octanol–water partition coefficient (Wildman–Crippen LogP) is 2.24. The van der Waals surface area contributed by atoms with E-state index in [4.69, 9.17) is 10.9 Å². The van der Waals surface area contributed by atoms with Gasteiger partial charge in [-0.05, 0) is 20.3 Å². The summed E-state index contributed by atoms with van der Waals surface area (Å²) in [6, 6.07) is 0. The van der Waals surface area contributed by atoms with Gasteiger partial charge in [-0.25, -0.2) is 0 Å². The van der Waals surface area contributed by atoms with E-state index in [9.17, 15) is 4.79 Å². The largest absolute Gasteiger partial charge is 0.409 e. The second kappa shape index (κ2) is 8.78. The molecule has 5 nitrogen and oxygen atoms in total. The summed E-state index contributed by atoms with van der Waals surface area (Å²) in [5, 5.41) is 14.3. The lowest BCUT2D eigenvalue weighted by atomic mass is 9.91. The zero-order valence-electron chi connectivity index (χ0n) is 11.8. The summed E-state index contributed by atoms with van der Waals surface area (Å²) in [6.07, 6.45) is 7.10. The summed E-state index contributed by atoms with van der Waals surface area (Å²) in [4.78, 5) is 11.8. The molecule has 5 heteroatoms. The number of unbranched alkanes of at least 4 members (excludes halogenated alkanes) is 5. The van der Waals surface area contributed by atoms with Crippen molar-refractivity contribution >= 4 is 11.7 Å². The average Bonchev–Trinajstić information content (AvgIpc) is 2.36. The number of amides is 1. The van der Waals surface area contributed by atoms with Crippen LogP contribution < -0.4 is 11.1 Å². The highest BCUT2D eigenvalue weighted by Gasteiger charge is 2.32. The molecule has 0 spiro atoms. The van der Waals surface area contributed by atoms with E-state index in [1.807, 2.05) is 0 Å². The number of carbonyl (C=O) groups excluding carboxylic acids is 1. The molecule has 0 saturated carbocycles. The standard InChI is InChI=1S/C13H27N3O2/c1-4-5-6-7-8-9-10-15-12(17)13(2,3)11(14)16-18/h18H,4-10H2,1-3H3,(H2,14,16)(H,15,17). The summed E-state index contributed by atoms with van der Waals surface area (Å²) >= 11 is 0. The number of carbonyl (C=O) groups is 1. The summed E-state index contributed by atoms with van der Waals surface area (Å²) in [5.41, 5.74) is 4.51. The summed E-state index contributed by atoms with van der Waals surface area (Å²) in [7, 11) is 0. The van der Waals surface area contributed by atoms with E-state index in [0.29, 0.717) is 6.54 Å². The van der Waals surface area contributed by atoms with Crippen LogP contribution in [0.3, 0.4) is 0 Å². The summed E-state index contributed by atoms with van der Waals surface area (Å²) in [5.74, 6) is -0.269. The third-order valence-electron chi connectivity index (χ3n) is 3.13. The number of nitrogens with two attached hydrogens (primary N) is 1. The van der Waals surface area contributed by atoms with Crippen molar-refractivity contribution in [3.63, 3.8) is 0 Å². The number of hydrogen-bond acceptors (Lipinski definition) is 3. The second-order valence-corrected chi connectivity index (χ2v) is 5.13. The molecule has 0 unspecified atom stereocenters. The molecule has 0 aromatic carbocycles. The van der Waals surface area contributed by atoms with Crippen molar-refractivity contribution < 1.29 is 10.0 Å². The second-order valence-electron chi connectivity index (χ2n) is 5.13. The molecule has 1 amide bonds. The van der Waals surface area contributed by atoms with E-state index in [0.717, 1.165) is 12.8 Å². The van der Waals surface area contributed by atoms with Crippen molar-refractivity contribution in [1.82, 2.24) is 5.32 Å². The molecule has 0 radical (unpaired) electrons. The van der Waals surface area contributed by atoms with E-state index < -0.39 is 5.41 Å². The number of amidine groups is 1. The van der Waals surface area contributed by atoms with Gasteiger partial charge in [0.15, 0.2) is 5.84 Å². The van der Waals surface area contributed by atoms with Crippen LogP contribution in [0.2, 0.25) is 0 Å². The van der Waals surface area contributed by atoms with Gasteiger partial charge >= 0.3 is 0 Å². The Hall–Kier alpha value is -1.26. The van der Waals surface area contributed by atoms with Crippen molar-refractivity contribution in [2.24, 2.45) is 16.3 Å². The van der Waals surface area contributed by atoms with Crippen molar-refractivity contribution in [3.8, 4) is 0 Å². The summed E-state index contributed by atoms with van der Waals surface area (Å²) in [6.45, 7) is 6.11. The lowest BCUT2D eigenvalue weighted by molar-refractivity contribution is -0.126. The van der Waals surface area contributed by atoms with E-state index in [2.05, 4.69) is 17.4 Å². The van der Waals surface area contributed by atoms with Gasteiger partial charge in [0, 0.05) is 6.54 Å². The zero-order valence-corrected chi connectivity index (χ0v) is 11.8. The molecule has 0 aliphatic rings. The Morgan fingerprint density at radius 3 is 2.33 bits per heavy atom. The van der Waals surface area contributed by atoms with Crippen molar-refractivity contribution in [2.75, 3.05) is 6.54 Å². The smallest absolute Gasteiger partial charge is 0.233 e. The number of hydrogen-bond donors (Lipinski definition) is 3. The fraction of sp³-hybridized carbons (Fsp3) is 0.846. The average molecular weight is 257 g/mol. The molecule has 0 fully saturated rings. The van der Waals surface area contributed by atoms with Crippen molar-refractivity contribution in [1.29, 1.82) is 0 Å². The van der Waals surface area contributed by atoms with Gasteiger partial charge in [0.25, 0.3) is 0 Å². The molecule has 0 aliphatic carbocycles. The van der Waals surface area contributed by atoms with Crippen LogP contribution in [0.5, 0.6) is 0 Å². The van der Waals surface area contributed by atoms with Gasteiger partial charge in [-0.2, -0.15) is 0 Å². The lowest BCUT2D eigenvalue weighted by Crippen LogP contribution is -2.46. The molecule has 18 heavy (non-hydrogen) atoms. The number of rotatable bonds is 9.